The van der Waals surface area contributed by atoms with Crippen molar-refractivity contribution in [1.82, 2.24) is 9.97 Å². The molecule has 5 rings (SSSR count). The van der Waals surface area contributed by atoms with Gasteiger partial charge in [0, 0.05) is 16.6 Å². The van der Waals surface area contributed by atoms with E-state index in [1.54, 1.807) is 6.92 Å². The third-order valence-electron chi connectivity index (χ3n) is 6.14. The van der Waals surface area contributed by atoms with E-state index in [2.05, 4.69) is 79.5 Å². The Kier molecular flexibility index (Phi) is 5.39. The molecule has 5 aromatic rings. The zero-order valence-corrected chi connectivity index (χ0v) is 19.1. The Hall–Kier alpha value is -3.98. The van der Waals surface area contributed by atoms with Gasteiger partial charge >= 0.3 is 0 Å². The smallest absolute Gasteiger partial charge is 0.159 e. The molecule has 0 aliphatic heterocycles. The first-order chi connectivity index (χ1) is 16.0. The molecule has 2 aromatic heterocycles. The van der Waals surface area contributed by atoms with Crippen molar-refractivity contribution < 1.29 is 4.79 Å². The molecule has 0 spiro atoms. The average molecular weight is 431 g/mol. The van der Waals surface area contributed by atoms with Gasteiger partial charge in [0.25, 0.3) is 0 Å². The highest BCUT2D eigenvalue weighted by molar-refractivity contribution is 5.98. The van der Waals surface area contributed by atoms with Crippen LogP contribution in [0.25, 0.3) is 44.7 Å². The zero-order chi connectivity index (χ0) is 22.9. The molecular weight excluding hydrogens is 404 g/mol. The molecule has 3 heteroatoms. The van der Waals surface area contributed by atoms with Crippen molar-refractivity contribution in [3.05, 3.63) is 102 Å². The van der Waals surface area contributed by atoms with E-state index >= 15 is 0 Å². The highest BCUT2D eigenvalue weighted by atomic mass is 16.1. The molecule has 33 heavy (non-hydrogen) atoms. The zero-order valence-electron chi connectivity index (χ0n) is 19.1. The number of nitrogens with one attached hydrogen (secondary N) is 1. The first-order valence-electron chi connectivity index (χ1n) is 11.3. The Balaban J connectivity index is 1.66. The fraction of sp³-hybridized carbons (Fsp3) is 0.133. The third kappa shape index (κ3) is 3.98. The summed E-state index contributed by atoms with van der Waals surface area (Å²) in [5.74, 6) is 0.447. The van der Waals surface area contributed by atoms with Gasteiger partial charge in [-0.2, -0.15) is 0 Å². The summed E-state index contributed by atoms with van der Waals surface area (Å²) in [5, 5.41) is 1.17. The molecule has 0 bridgehead atoms. The number of H-pyrrole nitrogens is 1. The minimum absolute atomic E-state index is 0.0727. The summed E-state index contributed by atoms with van der Waals surface area (Å²) in [5.41, 5.74) is 9.30. The van der Waals surface area contributed by atoms with E-state index in [1.807, 2.05) is 30.3 Å². The maximum absolute atomic E-state index is 11.6. The van der Waals surface area contributed by atoms with Crippen molar-refractivity contribution in [3.8, 4) is 33.8 Å². The van der Waals surface area contributed by atoms with Crippen LogP contribution in [-0.2, 0) is 0 Å². The van der Waals surface area contributed by atoms with Crippen molar-refractivity contribution in [1.29, 1.82) is 0 Å². The van der Waals surface area contributed by atoms with E-state index in [0.29, 0.717) is 5.92 Å². The van der Waals surface area contributed by atoms with Crippen LogP contribution in [-0.4, -0.2) is 15.8 Å². The van der Waals surface area contributed by atoms with Crippen molar-refractivity contribution in [2.24, 2.45) is 0 Å². The van der Waals surface area contributed by atoms with Gasteiger partial charge < -0.3 is 4.98 Å². The van der Waals surface area contributed by atoms with Gasteiger partial charge in [-0.1, -0.05) is 86.6 Å². The molecule has 0 saturated carbocycles. The average Bonchev–Trinajstić information content (AvgIpc) is 3.34. The lowest BCUT2D eigenvalue weighted by Gasteiger charge is -2.14. The summed E-state index contributed by atoms with van der Waals surface area (Å²) in [6, 6.07) is 31.0. The van der Waals surface area contributed by atoms with Gasteiger partial charge in [-0.3, -0.25) is 4.79 Å². The highest BCUT2D eigenvalue weighted by Crippen LogP contribution is 2.35. The highest BCUT2D eigenvalue weighted by Gasteiger charge is 2.15. The number of hydrogen-bond donors (Lipinski definition) is 1. The van der Waals surface area contributed by atoms with Gasteiger partial charge in [0.05, 0.1) is 16.9 Å². The summed E-state index contributed by atoms with van der Waals surface area (Å²) in [4.78, 5) is 20.3. The lowest BCUT2D eigenvalue weighted by molar-refractivity contribution is 0.101. The summed E-state index contributed by atoms with van der Waals surface area (Å²) < 4.78 is 0. The van der Waals surface area contributed by atoms with Crippen molar-refractivity contribution in [3.63, 3.8) is 0 Å². The monoisotopic (exact) mass is 430 g/mol. The van der Waals surface area contributed by atoms with Crippen molar-refractivity contribution in [2.45, 2.75) is 26.7 Å². The van der Waals surface area contributed by atoms with Crippen LogP contribution in [0.4, 0.5) is 0 Å². The lowest BCUT2D eigenvalue weighted by atomic mass is 9.94. The maximum Gasteiger partial charge on any atom is 0.159 e. The molecule has 0 aliphatic rings. The number of fused-ring (bicyclic) bond motifs is 1. The summed E-state index contributed by atoms with van der Waals surface area (Å²) in [7, 11) is 0. The molecule has 0 unspecified atom stereocenters. The number of benzene rings is 3. The Morgan fingerprint density at radius 2 is 1.52 bits per heavy atom. The SMILES string of the molecule is CC(=O)c1ccc(-c2ccc(-c3cc(-c4ccccc4)c4cccc(C(C)C)c4n3)[nH]2)cc1. The number of nitrogens with zero attached hydrogens (tertiary/aromatic N) is 1. The molecule has 0 fully saturated rings. The van der Waals surface area contributed by atoms with Crippen LogP contribution in [0.5, 0.6) is 0 Å². The van der Waals surface area contributed by atoms with Gasteiger partial charge in [-0.05, 0) is 53.3 Å². The standard InChI is InChI=1S/C30H26N2O/c1-19(2)24-10-7-11-25-26(22-8-5-4-6-9-22)18-29(32-30(24)25)28-17-16-27(31-28)23-14-12-21(13-15-23)20(3)33/h4-19,31H,1-3H3. The molecule has 0 radical (unpaired) electrons. The van der Waals surface area contributed by atoms with Crippen LogP contribution < -0.4 is 0 Å². The fourth-order valence-corrected chi connectivity index (χ4v) is 4.33. The van der Waals surface area contributed by atoms with Crippen molar-refractivity contribution >= 4 is 16.7 Å². The number of aromatic nitrogens is 2. The number of pyridine rings is 1. The normalized spacial score (nSPS) is 11.3. The molecule has 3 aromatic carbocycles. The molecule has 1 N–H and O–H groups in total. The number of carbonyl (C=O) groups excluding carboxylic acids is 1. The van der Waals surface area contributed by atoms with Crippen LogP contribution in [0, 0.1) is 0 Å². The minimum Gasteiger partial charge on any atom is -0.353 e. The van der Waals surface area contributed by atoms with Crippen LogP contribution in [0.1, 0.15) is 42.6 Å². The van der Waals surface area contributed by atoms with Crippen molar-refractivity contribution in [2.75, 3.05) is 0 Å². The summed E-state index contributed by atoms with van der Waals surface area (Å²) in [6.45, 7) is 6.01. The van der Waals surface area contributed by atoms with E-state index in [-0.39, 0.29) is 5.78 Å². The minimum atomic E-state index is 0.0727. The van der Waals surface area contributed by atoms with Gasteiger partial charge in [0.1, 0.15) is 0 Å². The molecule has 0 saturated heterocycles. The Labute approximate surface area is 194 Å². The second-order valence-electron chi connectivity index (χ2n) is 8.74. The first kappa shape index (κ1) is 20.9. The van der Waals surface area contributed by atoms with Gasteiger partial charge in [-0.15, -0.1) is 0 Å². The van der Waals surface area contributed by atoms with Gasteiger partial charge in [-0.25, -0.2) is 4.98 Å². The Morgan fingerprint density at radius 3 is 2.21 bits per heavy atom. The summed E-state index contributed by atoms with van der Waals surface area (Å²) in [6.07, 6.45) is 0. The number of carbonyl (C=O) groups is 1. The van der Waals surface area contributed by atoms with Gasteiger partial charge in [0.15, 0.2) is 5.78 Å². The van der Waals surface area contributed by atoms with Crippen LogP contribution in [0.3, 0.4) is 0 Å². The Bertz CT molecular complexity index is 1440. The third-order valence-corrected chi connectivity index (χ3v) is 6.14. The van der Waals surface area contributed by atoms with Crippen LogP contribution >= 0.6 is 0 Å². The molecule has 0 atom stereocenters. The number of para-hydroxylation sites is 1. The molecule has 2 heterocycles. The summed E-state index contributed by atoms with van der Waals surface area (Å²) >= 11 is 0. The topological polar surface area (TPSA) is 45.8 Å². The second-order valence-corrected chi connectivity index (χ2v) is 8.74. The van der Waals surface area contributed by atoms with Crippen LogP contribution in [0.2, 0.25) is 0 Å². The number of Topliss-reactive ketones (excluding diaryl/α,β-unsaturated/α-hetero) is 1. The number of ketones is 1. The maximum atomic E-state index is 11.6. The molecular formula is C30H26N2O. The van der Waals surface area contributed by atoms with E-state index < -0.39 is 0 Å². The first-order valence-corrected chi connectivity index (χ1v) is 11.3. The van der Waals surface area contributed by atoms with E-state index in [1.165, 1.54) is 22.1 Å². The predicted octanol–water partition coefficient (Wildman–Crippen LogP) is 7.89. The van der Waals surface area contributed by atoms with Crippen LogP contribution in [0.15, 0.2) is 91.0 Å². The van der Waals surface area contributed by atoms with E-state index in [9.17, 15) is 4.79 Å². The molecule has 3 nitrogen and oxygen atoms in total. The molecule has 162 valence electrons. The largest absolute Gasteiger partial charge is 0.353 e. The Morgan fingerprint density at radius 1 is 0.788 bits per heavy atom. The van der Waals surface area contributed by atoms with Gasteiger partial charge in [0.2, 0.25) is 0 Å². The number of hydrogen-bond acceptors (Lipinski definition) is 2. The second kappa shape index (κ2) is 8.51. The van der Waals surface area contributed by atoms with E-state index in [0.717, 1.165) is 33.7 Å². The quantitative estimate of drug-likeness (QED) is 0.288. The predicted molar refractivity (Wildman–Crippen MR) is 136 cm³/mol. The number of aromatic amines is 1. The fourth-order valence-electron chi connectivity index (χ4n) is 4.33. The molecule has 0 aliphatic carbocycles. The molecule has 0 amide bonds. The number of rotatable bonds is 5. The lowest BCUT2D eigenvalue weighted by Crippen LogP contribution is -1.96. The van der Waals surface area contributed by atoms with E-state index in [4.69, 9.17) is 4.98 Å².